The van der Waals surface area contributed by atoms with Crippen molar-refractivity contribution in [1.29, 1.82) is 0 Å². The van der Waals surface area contributed by atoms with Gasteiger partial charge in [-0.15, -0.1) is 6.58 Å². The summed E-state index contributed by atoms with van der Waals surface area (Å²) in [6.45, 7) is 3.66. The van der Waals surface area contributed by atoms with Crippen molar-refractivity contribution in [2.45, 2.75) is 125 Å². The van der Waals surface area contributed by atoms with Crippen LogP contribution in [0.1, 0.15) is 76.2 Å². The van der Waals surface area contributed by atoms with Crippen molar-refractivity contribution >= 4 is 0 Å². The molecule has 11 atom stereocenters. The van der Waals surface area contributed by atoms with E-state index in [-0.39, 0.29) is 43.1 Å². The number of hydrogen-bond donors (Lipinski definition) is 6. The zero-order valence-electron chi connectivity index (χ0n) is 26.5. The van der Waals surface area contributed by atoms with Crippen LogP contribution in [0.2, 0.25) is 0 Å². The van der Waals surface area contributed by atoms with Gasteiger partial charge in [-0.05, 0) is 92.7 Å². The quantitative estimate of drug-likeness (QED) is 0.187. The molecule has 46 heavy (non-hydrogen) atoms. The molecule has 2 bridgehead atoms. The average Bonchev–Trinajstić information content (AvgIpc) is 3.64. The van der Waals surface area contributed by atoms with E-state index in [1.807, 2.05) is 12.1 Å². The molecule has 6 N–H and O–H groups in total. The number of benzene rings is 1. The van der Waals surface area contributed by atoms with E-state index in [1.54, 1.807) is 18.2 Å². The maximum absolute atomic E-state index is 12.4. The second-order valence-corrected chi connectivity index (χ2v) is 14.5. The monoisotopic (exact) mass is 638 g/mol. The third-order valence-electron chi connectivity index (χ3n) is 11.7. The molecule has 1 aromatic carbocycles. The third kappa shape index (κ3) is 6.26. The van der Waals surface area contributed by atoms with E-state index in [1.165, 1.54) is 12.8 Å². The van der Waals surface area contributed by atoms with Gasteiger partial charge in [0.15, 0.2) is 5.60 Å². The molecule has 3 aliphatic carbocycles. The van der Waals surface area contributed by atoms with E-state index in [4.69, 9.17) is 14.2 Å². The largest absolute Gasteiger partial charge is 0.462 e. The Hall–Kier alpha value is -2.42. The van der Waals surface area contributed by atoms with Crippen LogP contribution < -0.4 is 4.74 Å². The summed E-state index contributed by atoms with van der Waals surface area (Å²) < 4.78 is 18.4. The lowest BCUT2D eigenvalue weighted by Crippen LogP contribution is -2.70. The molecule has 9 nitrogen and oxygen atoms in total. The van der Waals surface area contributed by atoms with Gasteiger partial charge in [-0.1, -0.05) is 49.1 Å². The predicted octanol–water partition coefficient (Wildman–Crippen LogP) is 3.14. The Labute approximate surface area is 271 Å². The SMILES string of the molecule is C=CCc1ccc(O[C@@H]2O[C@H]3C(O)C(O)[C@@]2(O)CC([C@@H]2C=C[C@H]4C5(CCCC5)CC[C@]4(O)C2)C(O)CC#CO[C@H]3CCCO)cc1. The second kappa shape index (κ2) is 13.6. The van der Waals surface area contributed by atoms with E-state index in [0.29, 0.717) is 31.4 Å². The molecular weight excluding hydrogens is 588 g/mol. The highest BCUT2D eigenvalue weighted by Gasteiger charge is 2.61. The van der Waals surface area contributed by atoms with Crippen molar-refractivity contribution in [2.24, 2.45) is 23.2 Å². The predicted molar refractivity (Wildman–Crippen MR) is 170 cm³/mol. The van der Waals surface area contributed by atoms with Gasteiger partial charge in [-0.3, -0.25) is 0 Å². The van der Waals surface area contributed by atoms with Crippen LogP contribution in [0, 0.1) is 35.2 Å². The lowest BCUT2D eigenvalue weighted by Gasteiger charge is -2.51. The van der Waals surface area contributed by atoms with Crippen molar-refractivity contribution in [3.05, 3.63) is 54.6 Å². The molecule has 0 amide bonds. The van der Waals surface area contributed by atoms with Crippen molar-refractivity contribution in [3.8, 4) is 17.8 Å². The van der Waals surface area contributed by atoms with Gasteiger partial charge in [0.1, 0.15) is 36.3 Å². The first-order chi connectivity index (χ1) is 22.1. The Balaban J connectivity index is 1.35. The molecule has 3 fully saturated rings. The summed E-state index contributed by atoms with van der Waals surface area (Å²) in [5.41, 5.74) is -1.92. The number of aliphatic hydroxyl groups is 6. The maximum Gasteiger partial charge on any atom is 0.232 e. The fourth-order valence-corrected chi connectivity index (χ4v) is 9.18. The Morgan fingerprint density at radius 1 is 1.00 bits per heavy atom. The molecule has 6 aliphatic rings. The topological polar surface area (TPSA) is 149 Å². The minimum Gasteiger partial charge on any atom is -0.462 e. The summed E-state index contributed by atoms with van der Waals surface area (Å²) in [7, 11) is 0. The fraction of sp³-hybridized carbons (Fsp3) is 0.676. The zero-order chi connectivity index (χ0) is 32.5. The Bertz CT molecular complexity index is 1300. The van der Waals surface area contributed by atoms with Crippen LogP contribution in [-0.4, -0.2) is 85.3 Å². The van der Waals surface area contributed by atoms with E-state index in [0.717, 1.165) is 24.8 Å². The minimum absolute atomic E-state index is 0.0457. The lowest BCUT2D eigenvalue weighted by molar-refractivity contribution is -0.334. The van der Waals surface area contributed by atoms with Crippen molar-refractivity contribution in [1.82, 2.24) is 0 Å². The van der Waals surface area contributed by atoms with Crippen LogP contribution in [0.5, 0.6) is 5.75 Å². The highest BCUT2D eigenvalue weighted by atomic mass is 16.7. The molecule has 4 unspecified atom stereocenters. The number of rotatable bonds is 8. The summed E-state index contributed by atoms with van der Waals surface area (Å²) in [6.07, 6.45) is 8.71. The molecule has 252 valence electrons. The summed E-state index contributed by atoms with van der Waals surface area (Å²) >= 11 is 0. The smallest absolute Gasteiger partial charge is 0.232 e. The van der Waals surface area contributed by atoms with Crippen molar-refractivity contribution in [3.63, 3.8) is 0 Å². The molecule has 7 rings (SSSR count). The summed E-state index contributed by atoms with van der Waals surface area (Å²) in [5.74, 6) is 2.35. The Morgan fingerprint density at radius 2 is 1.76 bits per heavy atom. The van der Waals surface area contributed by atoms with Crippen LogP contribution in [0.3, 0.4) is 0 Å². The molecule has 0 aromatic heterocycles. The standard InChI is InChI=1S/C37H50O9/c1-2-7-24-10-13-26(14-11-24)45-34-37(43)23-27(25-12-15-30-35(16-3-4-17-35)18-19-36(30,42)22-25)28(39)8-6-21-44-29(9-5-20-38)32(46-34)31(40)33(37)41/h2,10-15,25,27-34,38-43H,1,3-5,7-9,16-20,22-23H2/t25-,27?,28?,29+,30+,31?,32-,33?,34-,36+,37+/m1/s1. The first-order valence-corrected chi connectivity index (χ1v) is 17.1. The van der Waals surface area contributed by atoms with E-state index in [2.05, 4.69) is 30.8 Å². The van der Waals surface area contributed by atoms with Gasteiger partial charge in [-0.25, -0.2) is 0 Å². The zero-order valence-corrected chi connectivity index (χ0v) is 26.5. The Kier molecular flexibility index (Phi) is 9.90. The normalized spacial score (nSPS) is 41.5. The highest BCUT2D eigenvalue weighted by Crippen LogP contribution is 2.62. The molecule has 3 heterocycles. The van der Waals surface area contributed by atoms with Gasteiger partial charge in [-0.2, -0.15) is 0 Å². The first-order valence-electron chi connectivity index (χ1n) is 17.1. The number of allylic oxidation sites excluding steroid dienone is 2. The van der Waals surface area contributed by atoms with Crippen LogP contribution in [0.15, 0.2) is 49.1 Å². The van der Waals surface area contributed by atoms with Crippen LogP contribution in [0.4, 0.5) is 0 Å². The fourth-order valence-electron chi connectivity index (χ4n) is 9.18. The third-order valence-corrected chi connectivity index (χ3v) is 11.7. The first kappa shape index (κ1) is 33.5. The molecule has 1 aromatic rings. The lowest BCUT2D eigenvalue weighted by atomic mass is 9.63. The van der Waals surface area contributed by atoms with E-state index in [9.17, 15) is 30.6 Å². The van der Waals surface area contributed by atoms with Gasteiger partial charge in [0.05, 0.1) is 11.7 Å². The van der Waals surface area contributed by atoms with Gasteiger partial charge >= 0.3 is 0 Å². The Morgan fingerprint density at radius 3 is 2.48 bits per heavy atom. The van der Waals surface area contributed by atoms with Crippen LogP contribution >= 0.6 is 0 Å². The molecule has 0 radical (unpaired) electrons. The van der Waals surface area contributed by atoms with Gasteiger partial charge in [0.2, 0.25) is 6.29 Å². The van der Waals surface area contributed by atoms with Crippen molar-refractivity contribution in [2.75, 3.05) is 6.61 Å². The van der Waals surface area contributed by atoms with Gasteiger partial charge < -0.3 is 44.8 Å². The molecule has 1 saturated heterocycles. The van der Waals surface area contributed by atoms with Crippen LogP contribution in [0.25, 0.3) is 0 Å². The molecule has 1 spiro atoms. The summed E-state index contributed by atoms with van der Waals surface area (Å²) in [6, 6.07) is 7.23. The van der Waals surface area contributed by atoms with E-state index < -0.39 is 53.9 Å². The average molecular weight is 639 g/mol. The van der Waals surface area contributed by atoms with Gasteiger partial charge in [0, 0.05) is 18.9 Å². The van der Waals surface area contributed by atoms with E-state index >= 15 is 0 Å². The van der Waals surface area contributed by atoms with Crippen molar-refractivity contribution < 1.29 is 44.8 Å². The number of fused-ring (bicyclic) bond motifs is 10. The summed E-state index contributed by atoms with van der Waals surface area (Å²) in [5, 5.41) is 68.7. The number of ether oxygens (including phenoxy) is 3. The molecule has 9 heteroatoms. The summed E-state index contributed by atoms with van der Waals surface area (Å²) in [4.78, 5) is 0. The number of aliphatic hydroxyl groups excluding tert-OH is 4. The maximum atomic E-state index is 12.4. The molecule has 2 saturated carbocycles. The highest BCUT2D eigenvalue weighted by molar-refractivity contribution is 5.29. The molecular formula is C37H50O9. The number of hydrogen-bond acceptors (Lipinski definition) is 9. The van der Waals surface area contributed by atoms with Gasteiger partial charge in [0.25, 0.3) is 0 Å². The second-order valence-electron chi connectivity index (χ2n) is 14.5. The van der Waals surface area contributed by atoms with Crippen LogP contribution in [-0.2, 0) is 15.9 Å². The minimum atomic E-state index is -2.15. The molecule has 3 aliphatic heterocycles.